The molecule has 2 amide bonds. The van der Waals surface area contributed by atoms with E-state index < -0.39 is 44.3 Å². The van der Waals surface area contributed by atoms with Gasteiger partial charge in [0.2, 0.25) is 10.0 Å². The number of benzene rings is 2. The van der Waals surface area contributed by atoms with Gasteiger partial charge >= 0.3 is 12.0 Å². The van der Waals surface area contributed by atoms with Gasteiger partial charge in [0.25, 0.3) is 0 Å². The van der Waals surface area contributed by atoms with E-state index in [0.29, 0.717) is 43.3 Å². The number of nitrogens with zero attached hydrogens (tertiary/aromatic N) is 4. The molecule has 2 aliphatic heterocycles. The Balaban J connectivity index is 1.56. The van der Waals surface area contributed by atoms with E-state index in [1.165, 1.54) is 29.2 Å². The highest BCUT2D eigenvalue weighted by Gasteiger charge is 2.43. The van der Waals surface area contributed by atoms with Crippen LogP contribution in [0.2, 0.25) is 5.02 Å². The zero-order chi connectivity index (χ0) is 27.6. The third kappa shape index (κ3) is 5.83. The van der Waals surface area contributed by atoms with E-state index >= 15 is 0 Å². The van der Waals surface area contributed by atoms with Crippen molar-refractivity contribution < 1.29 is 36.4 Å². The van der Waals surface area contributed by atoms with E-state index in [-0.39, 0.29) is 31.4 Å². The number of nitrogens with two attached hydrogens (primary N) is 1. The highest BCUT2D eigenvalue weighted by atomic mass is 35.5. The minimum Gasteiger partial charge on any atom is -0.451 e. The second-order valence-corrected chi connectivity index (χ2v) is 11.2. The van der Waals surface area contributed by atoms with E-state index in [4.69, 9.17) is 22.2 Å². The van der Waals surface area contributed by atoms with Gasteiger partial charge in [0.15, 0.2) is 17.4 Å². The molecule has 0 saturated carbocycles. The Morgan fingerprint density at radius 3 is 2.13 bits per heavy atom. The standard InChI is InChI=1S/C23H26ClF2N5O6S/c1-28-6-8-29(9-7-28)23(33)30-10-11-31(20(14-30)22(32)37-27)38(34,35)17-12-18(25)21(19(26)13-17)36-16-4-2-15(24)3-5-16/h2-5,12-13,20H,6-11,14,27H2,1H3/t20-/m1/s1. The predicted octanol–water partition coefficient (Wildman–Crippen LogP) is 1.87. The quantitative estimate of drug-likeness (QED) is 0.537. The number of likely N-dealkylation sites (N-methyl/N-ethyl adjacent to an activating group) is 1. The number of rotatable bonds is 5. The molecule has 11 nitrogen and oxygen atoms in total. The van der Waals surface area contributed by atoms with Crippen LogP contribution in [-0.4, -0.2) is 98.3 Å². The Hall–Kier alpha value is -3.04. The number of sulfonamides is 1. The van der Waals surface area contributed by atoms with Gasteiger partial charge < -0.3 is 24.3 Å². The molecular weight excluding hydrogens is 548 g/mol. The van der Waals surface area contributed by atoms with Gasteiger partial charge in [0, 0.05) is 50.8 Å². The van der Waals surface area contributed by atoms with Gasteiger partial charge in [-0.3, -0.25) is 0 Å². The fourth-order valence-corrected chi connectivity index (χ4v) is 5.95. The summed E-state index contributed by atoms with van der Waals surface area (Å²) in [6, 6.07) is 4.99. The lowest BCUT2D eigenvalue weighted by Gasteiger charge is -2.42. The Labute approximate surface area is 223 Å². The number of amides is 2. The molecule has 38 heavy (non-hydrogen) atoms. The normalized spacial score (nSPS) is 19.3. The Bertz CT molecular complexity index is 1280. The number of halogens is 3. The van der Waals surface area contributed by atoms with Gasteiger partial charge in [0.05, 0.1) is 4.90 Å². The third-order valence-corrected chi connectivity index (χ3v) is 8.51. The number of hydrogen-bond donors (Lipinski definition) is 1. The molecule has 2 saturated heterocycles. The monoisotopic (exact) mass is 573 g/mol. The minimum atomic E-state index is -4.62. The van der Waals surface area contributed by atoms with E-state index in [1.54, 1.807) is 4.90 Å². The average Bonchev–Trinajstić information content (AvgIpc) is 2.90. The first-order valence-electron chi connectivity index (χ1n) is 11.6. The van der Waals surface area contributed by atoms with Gasteiger partial charge in [-0.2, -0.15) is 10.2 Å². The van der Waals surface area contributed by atoms with Gasteiger partial charge in [-0.25, -0.2) is 26.8 Å². The van der Waals surface area contributed by atoms with Crippen LogP contribution in [-0.2, 0) is 19.7 Å². The van der Waals surface area contributed by atoms with Crippen molar-refractivity contribution in [3.63, 3.8) is 0 Å². The molecule has 2 aromatic carbocycles. The molecule has 4 rings (SSSR count). The molecule has 2 aliphatic rings. The molecule has 0 aliphatic carbocycles. The molecule has 0 spiro atoms. The number of carbonyl (C=O) groups excluding carboxylic acids is 2. The van der Waals surface area contributed by atoms with Crippen molar-refractivity contribution >= 4 is 33.6 Å². The average molecular weight is 574 g/mol. The number of hydrogen-bond acceptors (Lipinski definition) is 8. The largest absolute Gasteiger partial charge is 0.451 e. The maximum Gasteiger partial charge on any atom is 0.344 e. The van der Waals surface area contributed by atoms with Crippen LogP contribution in [0.1, 0.15) is 0 Å². The summed E-state index contributed by atoms with van der Waals surface area (Å²) in [6.45, 7) is 1.57. The third-order valence-electron chi connectivity index (χ3n) is 6.38. The minimum absolute atomic E-state index is 0.0541. The van der Waals surface area contributed by atoms with E-state index in [1.807, 2.05) is 7.05 Å². The Morgan fingerprint density at radius 2 is 1.55 bits per heavy atom. The SMILES string of the molecule is CN1CCN(C(=O)N2CCN(S(=O)(=O)c3cc(F)c(Oc4ccc(Cl)cc4)c(F)c3)[C@@H](C(=O)ON)C2)CC1. The van der Waals surface area contributed by atoms with Crippen molar-refractivity contribution in [3.05, 3.63) is 53.1 Å². The van der Waals surface area contributed by atoms with Gasteiger partial charge in [-0.15, -0.1) is 0 Å². The first kappa shape index (κ1) is 28.0. The van der Waals surface area contributed by atoms with E-state index in [9.17, 15) is 26.8 Å². The molecule has 206 valence electrons. The summed E-state index contributed by atoms with van der Waals surface area (Å²) < 4.78 is 62.5. The summed E-state index contributed by atoms with van der Waals surface area (Å²) in [5, 5.41) is 0.385. The van der Waals surface area contributed by atoms with Gasteiger partial charge in [-0.1, -0.05) is 11.6 Å². The maximum absolute atomic E-state index is 14.8. The summed E-state index contributed by atoms with van der Waals surface area (Å²) >= 11 is 5.80. The van der Waals surface area contributed by atoms with Crippen molar-refractivity contribution in [2.75, 3.05) is 52.9 Å². The van der Waals surface area contributed by atoms with Crippen LogP contribution in [0, 0.1) is 11.6 Å². The van der Waals surface area contributed by atoms with Crippen LogP contribution < -0.4 is 10.6 Å². The van der Waals surface area contributed by atoms with Crippen LogP contribution in [0.5, 0.6) is 11.5 Å². The van der Waals surface area contributed by atoms with Crippen molar-refractivity contribution in [1.82, 2.24) is 19.0 Å². The summed E-state index contributed by atoms with van der Waals surface area (Å²) in [5.41, 5.74) is 0. The fraction of sp³-hybridized carbons (Fsp3) is 0.391. The van der Waals surface area contributed by atoms with Crippen molar-refractivity contribution in [3.8, 4) is 11.5 Å². The fourth-order valence-electron chi connectivity index (χ4n) is 4.23. The number of urea groups is 1. The second-order valence-electron chi connectivity index (χ2n) is 8.86. The number of ether oxygens (including phenoxy) is 1. The van der Waals surface area contributed by atoms with Crippen LogP contribution in [0.25, 0.3) is 0 Å². The zero-order valence-electron chi connectivity index (χ0n) is 20.3. The lowest BCUT2D eigenvalue weighted by atomic mass is 10.2. The zero-order valence-corrected chi connectivity index (χ0v) is 21.9. The highest BCUT2D eigenvalue weighted by molar-refractivity contribution is 7.89. The number of piperazine rings is 2. The Kier molecular flexibility index (Phi) is 8.37. The lowest BCUT2D eigenvalue weighted by Crippen LogP contribution is -2.62. The molecule has 1 atom stereocenters. The summed E-state index contributed by atoms with van der Waals surface area (Å²) in [4.78, 5) is 34.0. The maximum atomic E-state index is 14.8. The molecule has 2 heterocycles. The van der Waals surface area contributed by atoms with Crippen molar-refractivity contribution in [1.29, 1.82) is 0 Å². The molecule has 0 aromatic heterocycles. The molecule has 2 fully saturated rings. The molecule has 0 bridgehead atoms. The second kappa shape index (κ2) is 11.4. The predicted molar refractivity (Wildman–Crippen MR) is 132 cm³/mol. The van der Waals surface area contributed by atoms with Crippen molar-refractivity contribution in [2.24, 2.45) is 5.90 Å². The lowest BCUT2D eigenvalue weighted by molar-refractivity contribution is -0.150. The van der Waals surface area contributed by atoms with Crippen LogP contribution in [0.3, 0.4) is 0 Å². The summed E-state index contributed by atoms with van der Waals surface area (Å²) in [5.74, 6) is 0.635. The molecule has 0 unspecified atom stereocenters. The van der Waals surface area contributed by atoms with Crippen molar-refractivity contribution in [2.45, 2.75) is 10.9 Å². The number of carbonyl (C=O) groups is 2. The van der Waals surface area contributed by atoms with Crippen LogP contribution >= 0.6 is 11.6 Å². The van der Waals surface area contributed by atoms with Crippen LogP contribution in [0.15, 0.2) is 41.3 Å². The Morgan fingerprint density at radius 1 is 0.974 bits per heavy atom. The molecule has 0 radical (unpaired) electrons. The van der Waals surface area contributed by atoms with Gasteiger partial charge in [-0.05, 0) is 43.4 Å². The van der Waals surface area contributed by atoms with E-state index in [2.05, 4.69) is 9.74 Å². The topological polar surface area (TPSA) is 126 Å². The molecule has 2 N–H and O–H groups in total. The summed E-state index contributed by atoms with van der Waals surface area (Å²) in [6.07, 6.45) is 0. The first-order valence-corrected chi connectivity index (χ1v) is 13.4. The first-order chi connectivity index (χ1) is 18.0. The molecular formula is C23H26ClF2N5O6S. The van der Waals surface area contributed by atoms with Crippen LogP contribution in [0.4, 0.5) is 13.6 Å². The molecule has 2 aromatic rings. The molecule has 15 heteroatoms. The summed E-state index contributed by atoms with van der Waals surface area (Å²) in [7, 11) is -2.69. The van der Waals surface area contributed by atoms with Gasteiger partial charge in [0.1, 0.15) is 11.8 Å². The smallest absolute Gasteiger partial charge is 0.344 e. The highest BCUT2D eigenvalue weighted by Crippen LogP contribution is 2.32. The van der Waals surface area contributed by atoms with E-state index in [0.717, 1.165) is 4.31 Å².